The molecule has 2 amide bonds. The van der Waals surface area contributed by atoms with Crippen LogP contribution in [0.3, 0.4) is 0 Å². The molecule has 0 aliphatic carbocycles. The van der Waals surface area contributed by atoms with E-state index in [2.05, 4.69) is 10.6 Å². The van der Waals surface area contributed by atoms with Gasteiger partial charge in [-0.1, -0.05) is 23.7 Å². The van der Waals surface area contributed by atoms with Gasteiger partial charge in [0.1, 0.15) is 0 Å². The third-order valence-corrected chi connectivity index (χ3v) is 3.60. The zero-order valence-corrected chi connectivity index (χ0v) is 13.8. The molecule has 0 saturated carbocycles. The molecule has 25 heavy (non-hydrogen) atoms. The SMILES string of the molecule is CCNC(=O)c1ccc(NC(=O)c2ccccc2C(F)(F)F)cc1Cl. The number of amides is 2. The Balaban J connectivity index is 2.25. The summed E-state index contributed by atoms with van der Waals surface area (Å²) in [5.74, 6) is -1.30. The molecule has 132 valence electrons. The van der Waals surface area contributed by atoms with Gasteiger partial charge in [-0.2, -0.15) is 13.2 Å². The van der Waals surface area contributed by atoms with Gasteiger partial charge in [0.25, 0.3) is 11.8 Å². The van der Waals surface area contributed by atoms with E-state index >= 15 is 0 Å². The van der Waals surface area contributed by atoms with Crippen molar-refractivity contribution in [2.75, 3.05) is 11.9 Å². The average Bonchev–Trinajstić information content (AvgIpc) is 2.54. The maximum absolute atomic E-state index is 13.0. The molecule has 2 rings (SSSR count). The van der Waals surface area contributed by atoms with Crippen molar-refractivity contribution < 1.29 is 22.8 Å². The number of nitrogens with one attached hydrogen (secondary N) is 2. The molecule has 2 aromatic carbocycles. The average molecular weight is 371 g/mol. The molecule has 8 heteroatoms. The highest BCUT2D eigenvalue weighted by Gasteiger charge is 2.34. The lowest BCUT2D eigenvalue weighted by atomic mass is 10.1. The number of anilines is 1. The van der Waals surface area contributed by atoms with Gasteiger partial charge in [0.2, 0.25) is 0 Å². The molecule has 0 spiro atoms. The minimum absolute atomic E-state index is 0.0767. The van der Waals surface area contributed by atoms with Crippen molar-refractivity contribution in [2.24, 2.45) is 0 Å². The number of hydrogen-bond acceptors (Lipinski definition) is 2. The van der Waals surface area contributed by atoms with E-state index in [0.717, 1.165) is 12.1 Å². The normalized spacial score (nSPS) is 11.1. The van der Waals surface area contributed by atoms with Crippen LogP contribution >= 0.6 is 11.6 Å². The summed E-state index contributed by atoms with van der Waals surface area (Å²) in [6, 6.07) is 8.55. The van der Waals surface area contributed by atoms with Crippen LogP contribution in [-0.4, -0.2) is 18.4 Å². The molecule has 0 fully saturated rings. The van der Waals surface area contributed by atoms with Crippen molar-refractivity contribution in [1.29, 1.82) is 0 Å². The van der Waals surface area contributed by atoms with E-state index in [4.69, 9.17) is 11.6 Å². The molecule has 4 nitrogen and oxygen atoms in total. The zero-order chi connectivity index (χ0) is 18.6. The Morgan fingerprint density at radius 2 is 1.72 bits per heavy atom. The first-order valence-corrected chi connectivity index (χ1v) is 7.67. The van der Waals surface area contributed by atoms with Gasteiger partial charge in [0, 0.05) is 12.2 Å². The summed E-state index contributed by atoms with van der Waals surface area (Å²) < 4.78 is 38.9. The second-order valence-corrected chi connectivity index (χ2v) is 5.46. The molecule has 2 N–H and O–H groups in total. The predicted molar refractivity (Wildman–Crippen MR) is 88.9 cm³/mol. The summed E-state index contributed by atoms with van der Waals surface area (Å²) in [5, 5.41) is 5.01. The number of rotatable bonds is 4. The third kappa shape index (κ3) is 4.51. The zero-order valence-electron chi connectivity index (χ0n) is 13.1. The lowest BCUT2D eigenvalue weighted by Crippen LogP contribution is -2.23. The summed E-state index contributed by atoms with van der Waals surface area (Å²) in [7, 11) is 0. The van der Waals surface area contributed by atoms with Gasteiger partial charge in [0.15, 0.2) is 0 Å². The summed E-state index contributed by atoms with van der Waals surface area (Å²) >= 11 is 6.00. The summed E-state index contributed by atoms with van der Waals surface area (Å²) in [5.41, 5.74) is -1.14. The van der Waals surface area contributed by atoms with Gasteiger partial charge in [-0.05, 0) is 37.3 Å². The van der Waals surface area contributed by atoms with E-state index in [1.54, 1.807) is 6.92 Å². The quantitative estimate of drug-likeness (QED) is 0.840. The van der Waals surface area contributed by atoms with Crippen LogP contribution in [0, 0.1) is 0 Å². The molecule has 0 unspecified atom stereocenters. The maximum Gasteiger partial charge on any atom is 0.417 e. The fourth-order valence-corrected chi connectivity index (χ4v) is 2.43. The van der Waals surface area contributed by atoms with Crippen LogP contribution in [0.25, 0.3) is 0 Å². The highest BCUT2D eigenvalue weighted by Crippen LogP contribution is 2.32. The molecule has 0 bridgehead atoms. The number of carbonyl (C=O) groups is 2. The lowest BCUT2D eigenvalue weighted by Gasteiger charge is -2.13. The Hall–Kier alpha value is -2.54. The van der Waals surface area contributed by atoms with Crippen LogP contribution in [0.15, 0.2) is 42.5 Å². The maximum atomic E-state index is 13.0. The van der Waals surface area contributed by atoms with Crippen LogP contribution in [0.5, 0.6) is 0 Å². The van der Waals surface area contributed by atoms with Crippen LogP contribution in [0.2, 0.25) is 5.02 Å². The van der Waals surface area contributed by atoms with Gasteiger partial charge in [0.05, 0.1) is 21.7 Å². The topological polar surface area (TPSA) is 58.2 Å². The van der Waals surface area contributed by atoms with Crippen molar-refractivity contribution in [3.63, 3.8) is 0 Å². The van der Waals surface area contributed by atoms with Crippen molar-refractivity contribution in [2.45, 2.75) is 13.1 Å². The van der Waals surface area contributed by atoms with Gasteiger partial charge >= 0.3 is 6.18 Å². The van der Waals surface area contributed by atoms with E-state index in [9.17, 15) is 22.8 Å². The number of benzene rings is 2. The van der Waals surface area contributed by atoms with E-state index in [0.29, 0.717) is 6.54 Å². The van der Waals surface area contributed by atoms with E-state index in [-0.39, 0.29) is 22.2 Å². The Labute approximate surface area is 147 Å². The Kier molecular flexibility index (Phi) is 5.69. The largest absolute Gasteiger partial charge is 0.417 e. The first-order chi connectivity index (χ1) is 11.7. The van der Waals surface area contributed by atoms with Gasteiger partial charge < -0.3 is 10.6 Å². The highest BCUT2D eigenvalue weighted by molar-refractivity contribution is 6.34. The minimum atomic E-state index is -4.65. The van der Waals surface area contributed by atoms with E-state index < -0.39 is 23.2 Å². The van der Waals surface area contributed by atoms with Crippen molar-refractivity contribution >= 4 is 29.1 Å². The summed E-state index contributed by atoms with van der Waals surface area (Å²) in [4.78, 5) is 23.9. The summed E-state index contributed by atoms with van der Waals surface area (Å²) in [6.07, 6.45) is -4.65. The highest BCUT2D eigenvalue weighted by atomic mass is 35.5. The van der Waals surface area contributed by atoms with E-state index in [1.807, 2.05) is 0 Å². The first kappa shape index (κ1) is 18.8. The van der Waals surface area contributed by atoms with Gasteiger partial charge in [-0.15, -0.1) is 0 Å². The summed E-state index contributed by atoms with van der Waals surface area (Å²) in [6.45, 7) is 2.17. The molecular weight excluding hydrogens is 357 g/mol. The Bertz CT molecular complexity index is 807. The fourth-order valence-electron chi connectivity index (χ4n) is 2.16. The standard InChI is InChI=1S/C17H14ClF3N2O2/c1-2-22-15(24)12-8-7-10(9-14(12)18)23-16(25)11-5-3-4-6-13(11)17(19,20)21/h3-9H,2H2,1H3,(H,22,24)(H,23,25). The van der Waals surface area contributed by atoms with Crippen molar-refractivity contribution in [3.8, 4) is 0 Å². The fraction of sp³-hybridized carbons (Fsp3) is 0.176. The smallest absolute Gasteiger partial charge is 0.352 e. The molecule has 0 atom stereocenters. The van der Waals surface area contributed by atoms with Crippen molar-refractivity contribution in [1.82, 2.24) is 5.32 Å². The molecule has 0 saturated heterocycles. The number of hydrogen-bond donors (Lipinski definition) is 2. The minimum Gasteiger partial charge on any atom is -0.352 e. The molecule has 2 aromatic rings. The number of carbonyl (C=O) groups excluding carboxylic acids is 2. The molecule has 0 aromatic heterocycles. The second-order valence-electron chi connectivity index (χ2n) is 5.05. The van der Waals surface area contributed by atoms with Gasteiger partial charge in [-0.3, -0.25) is 9.59 Å². The lowest BCUT2D eigenvalue weighted by molar-refractivity contribution is -0.137. The first-order valence-electron chi connectivity index (χ1n) is 7.29. The Morgan fingerprint density at radius 3 is 2.32 bits per heavy atom. The van der Waals surface area contributed by atoms with Gasteiger partial charge in [-0.25, -0.2) is 0 Å². The van der Waals surface area contributed by atoms with Crippen LogP contribution < -0.4 is 10.6 Å². The number of alkyl halides is 3. The number of halogens is 4. The Morgan fingerprint density at radius 1 is 1.04 bits per heavy atom. The predicted octanol–water partition coefficient (Wildman–Crippen LogP) is 4.36. The molecular formula is C17H14ClF3N2O2. The molecule has 0 aliphatic heterocycles. The van der Waals surface area contributed by atoms with Crippen LogP contribution in [0.4, 0.5) is 18.9 Å². The molecule has 0 aliphatic rings. The third-order valence-electron chi connectivity index (χ3n) is 3.29. The molecule has 0 radical (unpaired) electrons. The molecule has 0 heterocycles. The second kappa shape index (κ2) is 7.57. The van der Waals surface area contributed by atoms with Crippen LogP contribution in [-0.2, 0) is 6.18 Å². The van der Waals surface area contributed by atoms with E-state index in [1.165, 1.54) is 30.3 Å². The van der Waals surface area contributed by atoms with Crippen LogP contribution in [0.1, 0.15) is 33.2 Å². The van der Waals surface area contributed by atoms with Crippen molar-refractivity contribution in [3.05, 3.63) is 64.2 Å². The monoisotopic (exact) mass is 370 g/mol.